The van der Waals surface area contributed by atoms with Crippen molar-refractivity contribution in [1.82, 2.24) is 10.2 Å². The monoisotopic (exact) mass is 270 g/mol. The maximum Gasteiger partial charge on any atom is 0.0702 e. The van der Waals surface area contributed by atoms with Crippen molar-refractivity contribution >= 4 is 0 Å². The number of rotatable bonds is 9. The topological polar surface area (TPSA) is 24.5 Å². The molecule has 0 amide bonds. The first-order chi connectivity index (χ1) is 9.26. The predicted octanol–water partition coefficient (Wildman–Crippen LogP) is 3.04. The third-order valence-electron chi connectivity index (χ3n) is 4.23. The smallest absolute Gasteiger partial charge is 0.0702 e. The van der Waals surface area contributed by atoms with E-state index < -0.39 is 0 Å². The Labute approximate surface area is 120 Å². The highest BCUT2D eigenvalue weighted by Gasteiger charge is 2.29. The maximum absolute atomic E-state index is 5.85. The average Bonchev–Trinajstić information content (AvgIpc) is 2.41. The third kappa shape index (κ3) is 5.41. The Morgan fingerprint density at radius 1 is 1.26 bits per heavy atom. The van der Waals surface area contributed by atoms with Crippen LogP contribution in [0.15, 0.2) is 0 Å². The lowest BCUT2D eigenvalue weighted by molar-refractivity contribution is -0.0138. The van der Waals surface area contributed by atoms with Gasteiger partial charge in [-0.05, 0) is 45.7 Å². The zero-order valence-electron chi connectivity index (χ0n) is 13.5. The zero-order chi connectivity index (χ0) is 14.1. The molecule has 0 spiro atoms. The second-order valence-electron chi connectivity index (χ2n) is 5.64. The summed E-state index contributed by atoms with van der Waals surface area (Å²) in [5.74, 6) is 0. The highest BCUT2D eigenvalue weighted by Crippen LogP contribution is 2.21. The summed E-state index contributed by atoms with van der Waals surface area (Å²) in [6.07, 6.45) is 6.75. The van der Waals surface area contributed by atoms with Crippen LogP contribution < -0.4 is 5.32 Å². The van der Waals surface area contributed by atoms with E-state index in [-0.39, 0.29) is 0 Å². The van der Waals surface area contributed by atoms with Crippen LogP contribution in [0.2, 0.25) is 0 Å². The van der Waals surface area contributed by atoms with Gasteiger partial charge in [-0.25, -0.2) is 0 Å². The van der Waals surface area contributed by atoms with E-state index in [9.17, 15) is 0 Å². The molecule has 0 radical (unpaired) electrons. The van der Waals surface area contributed by atoms with E-state index in [0.717, 1.165) is 19.7 Å². The van der Waals surface area contributed by atoms with Gasteiger partial charge in [0.1, 0.15) is 0 Å². The quantitative estimate of drug-likeness (QED) is 0.697. The summed E-state index contributed by atoms with van der Waals surface area (Å²) in [5.41, 5.74) is 0. The van der Waals surface area contributed by atoms with Crippen LogP contribution in [-0.2, 0) is 4.74 Å². The molecule has 0 aromatic rings. The number of ether oxygens (including phenoxy) is 1. The number of nitrogens with one attached hydrogen (secondary N) is 1. The van der Waals surface area contributed by atoms with Crippen LogP contribution in [0.5, 0.6) is 0 Å². The minimum atomic E-state index is 0.455. The second-order valence-corrected chi connectivity index (χ2v) is 5.64. The molecule has 1 heterocycles. The van der Waals surface area contributed by atoms with Gasteiger partial charge in [0.2, 0.25) is 0 Å². The maximum atomic E-state index is 5.85. The van der Waals surface area contributed by atoms with Gasteiger partial charge in [-0.2, -0.15) is 0 Å². The molecule has 0 aromatic carbocycles. The molecule has 1 N–H and O–H groups in total. The Balaban J connectivity index is 2.59. The van der Waals surface area contributed by atoms with Crippen LogP contribution in [-0.4, -0.2) is 49.3 Å². The average molecular weight is 270 g/mol. The SMILES string of the molecule is CCCC(NCC)C(CC)N1CCCC(OCC)C1. The normalized spacial score (nSPS) is 24.3. The molecule has 3 atom stereocenters. The van der Waals surface area contributed by atoms with Crippen molar-refractivity contribution in [2.45, 2.75) is 78.0 Å². The molecule has 3 nitrogen and oxygen atoms in total. The van der Waals surface area contributed by atoms with Crippen molar-refractivity contribution in [3.63, 3.8) is 0 Å². The van der Waals surface area contributed by atoms with Crippen LogP contribution >= 0.6 is 0 Å². The number of nitrogens with zero attached hydrogens (tertiary/aromatic N) is 1. The van der Waals surface area contributed by atoms with E-state index >= 15 is 0 Å². The predicted molar refractivity (Wildman–Crippen MR) is 82.7 cm³/mol. The molecule has 0 bridgehead atoms. The summed E-state index contributed by atoms with van der Waals surface area (Å²) in [6, 6.07) is 1.31. The van der Waals surface area contributed by atoms with E-state index in [0.29, 0.717) is 18.2 Å². The van der Waals surface area contributed by atoms with Crippen molar-refractivity contribution < 1.29 is 4.74 Å². The molecule has 1 saturated heterocycles. The molecule has 0 aliphatic carbocycles. The van der Waals surface area contributed by atoms with E-state index in [1.54, 1.807) is 0 Å². The van der Waals surface area contributed by atoms with Crippen molar-refractivity contribution in [3.8, 4) is 0 Å². The van der Waals surface area contributed by atoms with Crippen molar-refractivity contribution in [1.29, 1.82) is 0 Å². The Morgan fingerprint density at radius 2 is 2.05 bits per heavy atom. The number of hydrogen-bond acceptors (Lipinski definition) is 3. The van der Waals surface area contributed by atoms with Gasteiger partial charge in [0, 0.05) is 25.2 Å². The first kappa shape index (κ1) is 16.9. The van der Waals surface area contributed by atoms with E-state index in [4.69, 9.17) is 4.74 Å². The van der Waals surface area contributed by atoms with Crippen LogP contribution in [0.25, 0.3) is 0 Å². The lowest BCUT2D eigenvalue weighted by Gasteiger charge is -2.41. The van der Waals surface area contributed by atoms with Gasteiger partial charge in [0.15, 0.2) is 0 Å². The van der Waals surface area contributed by atoms with Crippen molar-refractivity contribution in [2.24, 2.45) is 0 Å². The zero-order valence-corrected chi connectivity index (χ0v) is 13.5. The molecule has 3 unspecified atom stereocenters. The Bertz CT molecular complexity index is 215. The number of likely N-dealkylation sites (tertiary alicyclic amines) is 1. The summed E-state index contributed by atoms with van der Waals surface area (Å²) in [4.78, 5) is 2.67. The van der Waals surface area contributed by atoms with Gasteiger partial charge in [-0.3, -0.25) is 4.90 Å². The first-order valence-corrected chi connectivity index (χ1v) is 8.35. The first-order valence-electron chi connectivity index (χ1n) is 8.35. The number of hydrogen-bond donors (Lipinski definition) is 1. The minimum Gasteiger partial charge on any atom is -0.377 e. The number of piperidine rings is 1. The summed E-state index contributed by atoms with van der Waals surface area (Å²) in [6.45, 7) is 13.2. The van der Waals surface area contributed by atoms with Gasteiger partial charge in [-0.15, -0.1) is 0 Å². The van der Waals surface area contributed by atoms with Gasteiger partial charge in [0.05, 0.1) is 6.10 Å². The fourth-order valence-corrected chi connectivity index (χ4v) is 3.44. The standard InChI is InChI=1S/C16H34N2O/c1-5-10-15(17-7-3)16(6-2)18-12-9-11-14(13-18)19-8-4/h14-17H,5-13H2,1-4H3. The molecule has 0 aromatic heterocycles. The molecule has 1 fully saturated rings. The van der Waals surface area contributed by atoms with Crippen LogP contribution in [0, 0.1) is 0 Å². The van der Waals surface area contributed by atoms with E-state index in [2.05, 4.69) is 37.9 Å². The van der Waals surface area contributed by atoms with Gasteiger partial charge in [-0.1, -0.05) is 27.2 Å². The Kier molecular flexibility index (Phi) is 8.67. The fourth-order valence-electron chi connectivity index (χ4n) is 3.44. The molecule has 19 heavy (non-hydrogen) atoms. The molecular formula is C16H34N2O. The lowest BCUT2D eigenvalue weighted by atomic mass is 9.96. The van der Waals surface area contributed by atoms with Gasteiger partial charge >= 0.3 is 0 Å². The second kappa shape index (κ2) is 9.73. The summed E-state index contributed by atoms with van der Waals surface area (Å²) < 4.78 is 5.85. The highest BCUT2D eigenvalue weighted by atomic mass is 16.5. The van der Waals surface area contributed by atoms with E-state index in [1.807, 2.05) is 0 Å². The number of likely N-dealkylation sites (N-methyl/N-ethyl adjacent to an activating group) is 1. The molecular weight excluding hydrogens is 236 g/mol. The largest absolute Gasteiger partial charge is 0.377 e. The van der Waals surface area contributed by atoms with Crippen LogP contribution in [0.3, 0.4) is 0 Å². The molecule has 3 heteroatoms. The van der Waals surface area contributed by atoms with Crippen LogP contribution in [0.4, 0.5) is 0 Å². The summed E-state index contributed by atoms with van der Waals surface area (Å²) in [5, 5.41) is 3.70. The summed E-state index contributed by atoms with van der Waals surface area (Å²) in [7, 11) is 0. The molecule has 1 rings (SSSR count). The van der Waals surface area contributed by atoms with Gasteiger partial charge in [0.25, 0.3) is 0 Å². The Hall–Kier alpha value is -0.120. The van der Waals surface area contributed by atoms with Crippen molar-refractivity contribution in [3.05, 3.63) is 0 Å². The van der Waals surface area contributed by atoms with Crippen molar-refractivity contribution in [2.75, 3.05) is 26.2 Å². The summed E-state index contributed by atoms with van der Waals surface area (Å²) >= 11 is 0. The Morgan fingerprint density at radius 3 is 2.63 bits per heavy atom. The fraction of sp³-hybridized carbons (Fsp3) is 1.00. The van der Waals surface area contributed by atoms with E-state index in [1.165, 1.54) is 38.6 Å². The lowest BCUT2D eigenvalue weighted by Crippen LogP contribution is -2.54. The molecule has 1 aliphatic rings. The molecule has 114 valence electrons. The minimum absolute atomic E-state index is 0.455. The third-order valence-corrected chi connectivity index (χ3v) is 4.23. The highest BCUT2D eigenvalue weighted by molar-refractivity contribution is 4.87. The molecule has 0 saturated carbocycles. The molecule has 1 aliphatic heterocycles. The van der Waals surface area contributed by atoms with Gasteiger partial charge < -0.3 is 10.1 Å². The van der Waals surface area contributed by atoms with Crippen LogP contribution in [0.1, 0.15) is 59.8 Å².